The van der Waals surface area contributed by atoms with Crippen molar-refractivity contribution >= 4 is 11.7 Å². The van der Waals surface area contributed by atoms with Gasteiger partial charge in [-0.15, -0.1) is 0 Å². The smallest absolute Gasteiger partial charge is 0.309 e. The monoisotopic (exact) mass is 501 g/mol. The number of rotatable bonds is 4. The van der Waals surface area contributed by atoms with Crippen molar-refractivity contribution in [2.75, 3.05) is 13.2 Å². The molecule has 0 radical (unpaired) electrons. The number of carboxylic acid groups (broad SMARTS) is 1. The number of fused-ring (bicyclic) bond motifs is 7. The summed E-state index contributed by atoms with van der Waals surface area (Å²) in [7, 11) is 0. The van der Waals surface area contributed by atoms with E-state index in [-0.39, 0.29) is 47.2 Å². The van der Waals surface area contributed by atoms with E-state index in [9.17, 15) is 25.3 Å². The fourth-order valence-electron chi connectivity index (χ4n) is 11.5. The summed E-state index contributed by atoms with van der Waals surface area (Å²) >= 11 is 0. The molecule has 0 bridgehead atoms. The van der Waals surface area contributed by atoms with Crippen LogP contribution in [0.4, 0.5) is 0 Å². The van der Waals surface area contributed by atoms with Crippen molar-refractivity contribution < 1.29 is 25.3 Å². The first kappa shape index (κ1) is 26.2. The molecule has 5 fully saturated rings. The van der Waals surface area contributed by atoms with Gasteiger partial charge in [0.15, 0.2) is 0 Å². The lowest BCUT2D eigenvalue weighted by molar-refractivity contribution is -0.232. The molecule has 6 nitrogen and oxygen atoms in total. The second kappa shape index (κ2) is 8.30. The number of hydrogen-bond donors (Lipinski definition) is 4. The lowest BCUT2D eigenvalue weighted by atomic mass is 9.32. The summed E-state index contributed by atoms with van der Waals surface area (Å²) in [5.74, 6) is 0.532. The van der Waals surface area contributed by atoms with Crippen molar-refractivity contribution in [2.24, 2.45) is 61.8 Å². The van der Waals surface area contributed by atoms with E-state index in [2.05, 4.69) is 39.4 Å². The number of oxime groups is 1. The first-order valence-electron chi connectivity index (χ1n) is 14.2. The SMILES string of the molecule is C=C(CO)[C@@H]1CC[C@]2(C(=O)O)CC[C@]3(C)[C@H](CC[C@@H]4[C@@]5(C)CC/C(=N\O)C(C)(CO)[C@@H]5CC[C@]43C)[C@@H]12. The van der Waals surface area contributed by atoms with Crippen LogP contribution in [0.3, 0.4) is 0 Å². The molecule has 0 saturated heterocycles. The lowest BCUT2D eigenvalue weighted by Gasteiger charge is -2.72. The maximum absolute atomic E-state index is 12.8. The highest BCUT2D eigenvalue weighted by Crippen LogP contribution is 2.77. The predicted octanol–water partition coefficient (Wildman–Crippen LogP) is 5.50. The van der Waals surface area contributed by atoms with E-state index < -0.39 is 16.8 Å². The Morgan fingerprint density at radius 2 is 1.67 bits per heavy atom. The van der Waals surface area contributed by atoms with Gasteiger partial charge in [0.2, 0.25) is 0 Å². The largest absolute Gasteiger partial charge is 0.481 e. The lowest BCUT2D eigenvalue weighted by Crippen LogP contribution is -2.67. The Kier molecular flexibility index (Phi) is 6.04. The van der Waals surface area contributed by atoms with Crippen LogP contribution in [0.25, 0.3) is 0 Å². The van der Waals surface area contributed by atoms with E-state index in [0.717, 1.165) is 62.7 Å². The highest BCUT2D eigenvalue weighted by atomic mass is 16.4. The van der Waals surface area contributed by atoms with E-state index in [4.69, 9.17) is 0 Å². The molecule has 0 spiro atoms. The molecule has 4 N–H and O–H groups in total. The molecule has 5 saturated carbocycles. The van der Waals surface area contributed by atoms with Crippen molar-refractivity contribution in [3.63, 3.8) is 0 Å². The summed E-state index contributed by atoms with van der Waals surface area (Å²) in [5.41, 5.74) is 0.507. The molecule has 36 heavy (non-hydrogen) atoms. The van der Waals surface area contributed by atoms with Gasteiger partial charge < -0.3 is 20.5 Å². The van der Waals surface area contributed by atoms with Crippen molar-refractivity contribution in [3.8, 4) is 0 Å². The molecule has 0 aromatic heterocycles. The fraction of sp³-hybridized carbons (Fsp3) is 0.867. The van der Waals surface area contributed by atoms with Crippen LogP contribution in [0.5, 0.6) is 0 Å². The van der Waals surface area contributed by atoms with Crippen LogP contribution in [0, 0.1) is 56.7 Å². The second-order valence-corrected chi connectivity index (χ2v) is 14.2. The first-order valence-corrected chi connectivity index (χ1v) is 14.2. The Labute approximate surface area is 216 Å². The summed E-state index contributed by atoms with van der Waals surface area (Å²) in [6.07, 6.45) is 8.99. The number of hydrogen-bond acceptors (Lipinski definition) is 5. The van der Waals surface area contributed by atoms with Gasteiger partial charge in [-0.05, 0) is 116 Å². The van der Waals surface area contributed by atoms with Gasteiger partial charge in [0.05, 0.1) is 24.3 Å². The first-order chi connectivity index (χ1) is 16.9. The van der Waals surface area contributed by atoms with Crippen LogP contribution in [0.1, 0.15) is 91.9 Å². The van der Waals surface area contributed by atoms with Crippen LogP contribution in [-0.2, 0) is 4.79 Å². The molecule has 202 valence electrons. The third-order valence-corrected chi connectivity index (χ3v) is 13.6. The van der Waals surface area contributed by atoms with Gasteiger partial charge >= 0.3 is 5.97 Å². The number of aliphatic hydroxyl groups excluding tert-OH is 2. The predicted molar refractivity (Wildman–Crippen MR) is 139 cm³/mol. The minimum absolute atomic E-state index is 0.00410. The molecule has 5 rings (SSSR count). The quantitative estimate of drug-likeness (QED) is 0.231. The number of carbonyl (C=O) groups is 1. The molecule has 0 aliphatic heterocycles. The second-order valence-electron chi connectivity index (χ2n) is 14.2. The molecule has 5 aliphatic carbocycles. The fourth-order valence-corrected chi connectivity index (χ4v) is 11.5. The van der Waals surface area contributed by atoms with Crippen molar-refractivity contribution in [1.29, 1.82) is 0 Å². The Bertz CT molecular complexity index is 978. The molecule has 0 heterocycles. The molecule has 10 atom stereocenters. The molecule has 1 unspecified atom stereocenters. The average Bonchev–Trinajstić information content (AvgIpc) is 3.25. The Hall–Kier alpha value is -1.40. The molecular weight excluding hydrogens is 454 g/mol. The molecule has 0 aromatic rings. The van der Waals surface area contributed by atoms with Crippen LogP contribution in [0.2, 0.25) is 0 Å². The van der Waals surface area contributed by atoms with Crippen LogP contribution < -0.4 is 0 Å². The zero-order chi connectivity index (χ0) is 26.3. The number of aliphatic hydroxyl groups is 2. The maximum Gasteiger partial charge on any atom is 0.309 e. The van der Waals surface area contributed by atoms with Crippen LogP contribution >= 0.6 is 0 Å². The van der Waals surface area contributed by atoms with Crippen molar-refractivity contribution in [3.05, 3.63) is 12.2 Å². The Morgan fingerprint density at radius 1 is 0.944 bits per heavy atom. The zero-order valence-electron chi connectivity index (χ0n) is 22.7. The van der Waals surface area contributed by atoms with Gasteiger partial charge in [-0.3, -0.25) is 4.79 Å². The topological polar surface area (TPSA) is 110 Å². The highest BCUT2D eigenvalue weighted by molar-refractivity contribution is 5.91. The zero-order valence-corrected chi connectivity index (χ0v) is 22.7. The minimum atomic E-state index is -0.690. The normalized spacial score (nSPS) is 53.2. The van der Waals surface area contributed by atoms with Gasteiger partial charge in [-0.2, -0.15) is 0 Å². The molecular formula is C30H47NO5. The van der Waals surface area contributed by atoms with Gasteiger partial charge in [0, 0.05) is 5.41 Å². The van der Waals surface area contributed by atoms with E-state index >= 15 is 0 Å². The van der Waals surface area contributed by atoms with Crippen molar-refractivity contribution in [2.45, 2.75) is 91.9 Å². The van der Waals surface area contributed by atoms with Gasteiger partial charge in [-0.25, -0.2) is 0 Å². The minimum Gasteiger partial charge on any atom is -0.481 e. The Morgan fingerprint density at radius 3 is 2.28 bits per heavy atom. The summed E-state index contributed by atoms with van der Waals surface area (Å²) in [5, 5.41) is 44.4. The van der Waals surface area contributed by atoms with E-state index in [1.807, 2.05) is 0 Å². The van der Waals surface area contributed by atoms with Crippen molar-refractivity contribution in [1.82, 2.24) is 0 Å². The molecule has 6 heteroatoms. The molecule has 5 aliphatic rings. The summed E-state index contributed by atoms with van der Waals surface area (Å²) in [6, 6.07) is 0. The average molecular weight is 502 g/mol. The van der Waals surface area contributed by atoms with Gasteiger partial charge in [-0.1, -0.05) is 39.4 Å². The van der Waals surface area contributed by atoms with Crippen LogP contribution in [0.15, 0.2) is 17.3 Å². The van der Waals surface area contributed by atoms with Gasteiger partial charge in [0.25, 0.3) is 0 Å². The van der Waals surface area contributed by atoms with Crippen LogP contribution in [-0.4, -0.2) is 45.4 Å². The summed E-state index contributed by atoms with van der Waals surface area (Å²) in [4.78, 5) is 12.8. The van der Waals surface area contributed by atoms with E-state index in [1.165, 1.54) is 0 Å². The summed E-state index contributed by atoms with van der Waals surface area (Å²) < 4.78 is 0. The molecule has 0 amide bonds. The van der Waals surface area contributed by atoms with E-state index in [0.29, 0.717) is 24.7 Å². The van der Waals surface area contributed by atoms with Gasteiger partial charge in [0.1, 0.15) is 0 Å². The highest BCUT2D eigenvalue weighted by Gasteiger charge is 2.72. The Balaban J connectivity index is 1.56. The third-order valence-electron chi connectivity index (χ3n) is 13.6. The third kappa shape index (κ3) is 2.98. The molecule has 0 aromatic carbocycles. The maximum atomic E-state index is 12.8. The number of nitrogens with zero attached hydrogens (tertiary/aromatic N) is 1. The number of aliphatic carboxylic acids is 1. The number of carboxylic acids is 1. The standard InChI is InChI=1S/C30H47NO5/c1-18(16-32)19-8-13-30(25(34)35)15-14-28(4)20(24(19)30)6-7-22-26(2)11-10-23(31-36)27(3,17-33)21(26)9-12-29(22,28)5/h19-22,24,32-33,36H,1,6-17H2,2-5H3,(H,34,35)/b31-23+/t19-,20+,21+,22+,24+,26-,27?,28+,29+,30-/m0/s1. The summed E-state index contributed by atoms with van der Waals surface area (Å²) in [6.45, 7) is 13.6. The van der Waals surface area contributed by atoms with E-state index in [1.54, 1.807) is 0 Å².